The highest BCUT2D eigenvalue weighted by atomic mass is 35.5. The molecule has 12 heteroatoms. The number of hydrogen-bond donors (Lipinski definition) is 4. The molecule has 3 rings (SSSR count). The third kappa shape index (κ3) is 8.71. The van der Waals surface area contributed by atoms with Crippen LogP contribution in [0, 0.1) is 5.41 Å². The fourth-order valence-electron chi connectivity index (χ4n) is 3.34. The fourth-order valence-corrected chi connectivity index (χ4v) is 5.06. The van der Waals surface area contributed by atoms with Crippen molar-refractivity contribution >= 4 is 50.6 Å². The summed E-state index contributed by atoms with van der Waals surface area (Å²) in [6, 6.07) is 20.2. The summed E-state index contributed by atoms with van der Waals surface area (Å²) in [4.78, 5) is 0.107. The monoisotopic (exact) mass is 565 g/mol. The van der Waals surface area contributed by atoms with Gasteiger partial charge < -0.3 is 25.8 Å². The molecular formula is C25H29Cl2N5O4S. The van der Waals surface area contributed by atoms with Crippen LogP contribution in [0.2, 0.25) is 10.0 Å². The number of guanidine groups is 1. The Hall–Kier alpha value is -3.18. The number of nitrogens with two attached hydrogens (primary N) is 1. The summed E-state index contributed by atoms with van der Waals surface area (Å²) in [7, 11) is -3.94. The van der Waals surface area contributed by atoms with E-state index in [1.165, 1.54) is 28.6 Å². The van der Waals surface area contributed by atoms with Gasteiger partial charge in [-0.2, -0.15) is 0 Å². The van der Waals surface area contributed by atoms with Crippen molar-refractivity contribution in [2.24, 2.45) is 5.73 Å². The van der Waals surface area contributed by atoms with E-state index in [0.717, 1.165) is 0 Å². The van der Waals surface area contributed by atoms with Gasteiger partial charge in [0.1, 0.15) is 12.4 Å². The summed E-state index contributed by atoms with van der Waals surface area (Å²) in [6.07, 6.45) is 0. The molecule has 0 saturated heterocycles. The van der Waals surface area contributed by atoms with E-state index in [1.807, 2.05) is 6.07 Å². The van der Waals surface area contributed by atoms with Crippen LogP contribution in [0.25, 0.3) is 0 Å². The van der Waals surface area contributed by atoms with Crippen molar-refractivity contribution < 1.29 is 17.9 Å². The van der Waals surface area contributed by atoms with Gasteiger partial charge >= 0.3 is 0 Å². The molecule has 3 aromatic rings. The predicted octanol–water partition coefficient (Wildman–Crippen LogP) is 4.18. The molecular weight excluding hydrogens is 537 g/mol. The number of rotatable bonds is 14. The van der Waals surface area contributed by atoms with Gasteiger partial charge in [0.05, 0.1) is 36.0 Å². The summed E-state index contributed by atoms with van der Waals surface area (Å²) >= 11 is 11.9. The van der Waals surface area contributed by atoms with Crippen molar-refractivity contribution in [1.82, 2.24) is 5.32 Å². The molecule has 198 valence electrons. The van der Waals surface area contributed by atoms with Gasteiger partial charge in [0.2, 0.25) is 0 Å². The van der Waals surface area contributed by atoms with Gasteiger partial charge in [0.15, 0.2) is 5.96 Å². The van der Waals surface area contributed by atoms with Crippen LogP contribution in [-0.2, 0) is 14.8 Å². The molecule has 0 fully saturated rings. The molecule has 0 atom stereocenters. The first-order chi connectivity index (χ1) is 17.8. The van der Waals surface area contributed by atoms with Crippen LogP contribution < -0.4 is 25.4 Å². The first-order valence-corrected chi connectivity index (χ1v) is 13.6. The molecule has 0 aliphatic carbocycles. The number of hydrogen-bond acceptors (Lipinski definition) is 6. The van der Waals surface area contributed by atoms with Crippen LogP contribution in [0.15, 0.2) is 77.7 Å². The van der Waals surface area contributed by atoms with E-state index in [9.17, 15) is 8.42 Å². The highest BCUT2D eigenvalue weighted by molar-refractivity contribution is 7.92. The molecule has 0 heterocycles. The lowest BCUT2D eigenvalue weighted by Gasteiger charge is -2.27. The molecule has 0 radical (unpaired) electrons. The second kappa shape index (κ2) is 13.9. The number of ether oxygens (including phenoxy) is 2. The number of nitrogens with one attached hydrogen (secondary N) is 3. The van der Waals surface area contributed by atoms with Crippen molar-refractivity contribution in [3.8, 4) is 5.75 Å². The van der Waals surface area contributed by atoms with E-state index in [0.29, 0.717) is 46.9 Å². The van der Waals surface area contributed by atoms with Gasteiger partial charge in [-0.1, -0.05) is 35.3 Å². The fraction of sp³-hybridized carbons (Fsp3) is 0.240. The quantitative estimate of drug-likeness (QED) is 0.131. The topological polar surface area (TPSA) is 130 Å². The molecule has 0 spiro atoms. The maximum absolute atomic E-state index is 13.7. The Bertz CT molecular complexity index is 1260. The van der Waals surface area contributed by atoms with E-state index in [2.05, 4.69) is 10.6 Å². The van der Waals surface area contributed by atoms with Crippen LogP contribution >= 0.6 is 23.2 Å². The first kappa shape index (κ1) is 28.4. The van der Waals surface area contributed by atoms with Gasteiger partial charge in [-0.3, -0.25) is 9.71 Å². The molecule has 0 saturated carbocycles. The Morgan fingerprint density at radius 2 is 1.54 bits per heavy atom. The average Bonchev–Trinajstić information content (AvgIpc) is 2.87. The minimum Gasteiger partial charge on any atom is -0.492 e. The smallest absolute Gasteiger partial charge is 0.264 e. The number of halogens is 2. The summed E-state index contributed by atoms with van der Waals surface area (Å²) in [5.41, 5.74) is 6.36. The van der Waals surface area contributed by atoms with E-state index in [-0.39, 0.29) is 30.6 Å². The maximum Gasteiger partial charge on any atom is 0.264 e. The van der Waals surface area contributed by atoms with Crippen LogP contribution in [0.4, 0.5) is 11.4 Å². The molecule has 0 bridgehead atoms. The molecule has 0 aliphatic heterocycles. The Morgan fingerprint density at radius 3 is 2.22 bits per heavy atom. The zero-order valence-electron chi connectivity index (χ0n) is 20.0. The lowest BCUT2D eigenvalue weighted by atomic mass is 10.2. The average molecular weight is 567 g/mol. The van der Waals surface area contributed by atoms with Crippen molar-refractivity contribution in [3.63, 3.8) is 0 Å². The number of benzene rings is 3. The van der Waals surface area contributed by atoms with Crippen LogP contribution in [-0.4, -0.2) is 53.8 Å². The Morgan fingerprint density at radius 1 is 0.892 bits per heavy atom. The van der Waals surface area contributed by atoms with Gasteiger partial charge in [-0.05, 0) is 60.7 Å². The number of nitrogens with zero attached hydrogens (tertiary/aromatic N) is 1. The summed E-state index contributed by atoms with van der Waals surface area (Å²) in [5, 5.41) is 14.2. The standard InChI is InChI=1S/C25H29Cl2N5O4S/c26-19-5-9-21(10-6-19)36-17-14-30-23-3-1-2-4-24(23)32(15-18-35-16-13-31-25(28)29)37(33,34)22-11-7-20(27)8-12-22/h1-12,30H,13-18H2,(H4,28,29,31). The normalized spacial score (nSPS) is 11.1. The molecule has 5 N–H and O–H groups in total. The lowest BCUT2D eigenvalue weighted by molar-refractivity contribution is 0.147. The number of para-hydroxylation sites is 2. The molecule has 0 aromatic heterocycles. The van der Waals surface area contributed by atoms with E-state index < -0.39 is 10.0 Å². The predicted molar refractivity (Wildman–Crippen MR) is 149 cm³/mol. The largest absolute Gasteiger partial charge is 0.492 e. The first-order valence-electron chi connectivity index (χ1n) is 11.4. The van der Waals surface area contributed by atoms with Gasteiger partial charge in [0, 0.05) is 23.1 Å². The second-order valence-electron chi connectivity index (χ2n) is 7.73. The highest BCUT2D eigenvalue weighted by Crippen LogP contribution is 2.31. The van der Waals surface area contributed by atoms with Crippen LogP contribution in [0.5, 0.6) is 5.75 Å². The molecule has 0 unspecified atom stereocenters. The van der Waals surface area contributed by atoms with Gasteiger partial charge in [-0.25, -0.2) is 8.42 Å². The van der Waals surface area contributed by atoms with E-state index in [1.54, 1.807) is 42.5 Å². The molecule has 9 nitrogen and oxygen atoms in total. The summed E-state index contributed by atoms with van der Waals surface area (Å²) in [6.45, 7) is 1.57. The third-order valence-corrected chi connectivity index (χ3v) is 7.41. The molecule has 37 heavy (non-hydrogen) atoms. The molecule has 0 aliphatic rings. The van der Waals surface area contributed by atoms with Crippen molar-refractivity contribution in [1.29, 1.82) is 5.41 Å². The Kier molecular flexibility index (Phi) is 10.7. The van der Waals surface area contributed by atoms with Crippen molar-refractivity contribution in [3.05, 3.63) is 82.8 Å². The van der Waals surface area contributed by atoms with Crippen LogP contribution in [0.3, 0.4) is 0 Å². The minimum absolute atomic E-state index is 0.0605. The van der Waals surface area contributed by atoms with E-state index >= 15 is 0 Å². The SMILES string of the molecule is N=C(N)NCCOCCN(c1ccccc1NCCOc1ccc(Cl)cc1)S(=O)(=O)c1ccc(Cl)cc1. The Labute approximate surface area is 227 Å². The summed E-state index contributed by atoms with van der Waals surface area (Å²) < 4.78 is 39.9. The molecule has 0 amide bonds. The maximum atomic E-state index is 13.7. The van der Waals surface area contributed by atoms with Crippen molar-refractivity contribution in [2.75, 3.05) is 49.1 Å². The number of sulfonamides is 1. The zero-order chi connectivity index (χ0) is 26.7. The highest BCUT2D eigenvalue weighted by Gasteiger charge is 2.26. The summed E-state index contributed by atoms with van der Waals surface area (Å²) in [5.74, 6) is 0.526. The zero-order valence-corrected chi connectivity index (χ0v) is 22.3. The Balaban J connectivity index is 1.74. The molecule has 3 aromatic carbocycles. The van der Waals surface area contributed by atoms with Gasteiger partial charge in [-0.15, -0.1) is 0 Å². The second-order valence-corrected chi connectivity index (χ2v) is 10.5. The number of anilines is 2. The van der Waals surface area contributed by atoms with E-state index in [4.69, 9.17) is 43.8 Å². The van der Waals surface area contributed by atoms with Crippen molar-refractivity contribution in [2.45, 2.75) is 4.90 Å². The minimum atomic E-state index is -3.94. The third-order valence-electron chi connectivity index (χ3n) is 5.07. The van der Waals surface area contributed by atoms with Crippen LogP contribution in [0.1, 0.15) is 0 Å². The lowest BCUT2D eigenvalue weighted by Crippen LogP contribution is -2.36. The van der Waals surface area contributed by atoms with Gasteiger partial charge in [0.25, 0.3) is 10.0 Å².